The molecule has 0 aliphatic carbocycles. The fraction of sp³-hybridized carbons (Fsp3) is 1.00. The summed E-state index contributed by atoms with van der Waals surface area (Å²) in [5, 5.41) is 0. The van der Waals surface area contributed by atoms with Gasteiger partial charge in [0.25, 0.3) is 5.97 Å². The van der Waals surface area contributed by atoms with E-state index in [0.717, 1.165) is 32.1 Å². The summed E-state index contributed by atoms with van der Waals surface area (Å²) in [6.45, 7) is 11.3. The molecule has 0 saturated carbocycles. The van der Waals surface area contributed by atoms with Gasteiger partial charge in [0.05, 0.1) is 19.8 Å². The van der Waals surface area contributed by atoms with Crippen molar-refractivity contribution in [3.63, 3.8) is 0 Å². The van der Waals surface area contributed by atoms with Gasteiger partial charge >= 0.3 is 0 Å². The topological polar surface area (TPSA) is 53.7 Å². The Morgan fingerprint density at radius 2 is 1.20 bits per heavy atom. The Balaban J connectivity index is 4.80. The van der Waals surface area contributed by atoms with Crippen molar-refractivity contribution < 1.29 is 14.2 Å². The minimum atomic E-state index is -0.884. The van der Waals surface area contributed by atoms with E-state index in [1.165, 1.54) is 38.5 Å². The fourth-order valence-electron chi connectivity index (χ4n) is 3.05. The van der Waals surface area contributed by atoms with Gasteiger partial charge in [-0.25, -0.2) is 0 Å². The van der Waals surface area contributed by atoms with Crippen LogP contribution in [-0.2, 0) is 14.2 Å². The van der Waals surface area contributed by atoms with Gasteiger partial charge in [0.2, 0.25) is 0 Å². The van der Waals surface area contributed by atoms with Gasteiger partial charge in [-0.05, 0) is 38.1 Å². The Hall–Kier alpha value is -0.160. The molecule has 0 aliphatic rings. The van der Waals surface area contributed by atoms with Crippen molar-refractivity contribution in [2.75, 3.05) is 26.4 Å². The first-order valence-electron chi connectivity index (χ1n) is 10.8. The zero-order valence-electron chi connectivity index (χ0n) is 17.5. The van der Waals surface area contributed by atoms with Gasteiger partial charge in [-0.2, -0.15) is 0 Å². The van der Waals surface area contributed by atoms with Gasteiger partial charge in [-0.1, -0.05) is 66.2 Å². The lowest BCUT2D eigenvalue weighted by Gasteiger charge is -2.36. The maximum absolute atomic E-state index is 6.12. The third kappa shape index (κ3) is 12.8. The van der Waals surface area contributed by atoms with Crippen LogP contribution in [-0.4, -0.2) is 32.3 Å². The second-order valence-electron chi connectivity index (χ2n) is 7.08. The van der Waals surface area contributed by atoms with Gasteiger partial charge in [-0.15, -0.1) is 0 Å². The number of nitrogens with two attached hydrogens (primary N) is 1. The second-order valence-corrected chi connectivity index (χ2v) is 7.08. The first kappa shape index (κ1) is 24.8. The first-order chi connectivity index (χ1) is 12.2. The van der Waals surface area contributed by atoms with Crippen molar-refractivity contribution >= 4 is 0 Å². The summed E-state index contributed by atoms with van der Waals surface area (Å²) in [6, 6.07) is 0. The number of hydrogen-bond donors (Lipinski definition) is 1. The fourth-order valence-corrected chi connectivity index (χ4v) is 3.05. The Kier molecular flexibility index (Phi) is 17.2. The Bertz CT molecular complexity index is 252. The van der Waals surface area contributed by atoms with E-state index in [9.17, 15) is 0 Å². The second kappa shape index (κ2) is 17.3. The van der Waals surface area contributed by atoms with Crippen LogP contribution < -0.4 is 5.73 Å². The van der Waals surface area contributed by atoms with Crippen molar-refractivity contribution in [1.29, 1.82) is 0 Å². The molecule has 0 aliphatic heterocycles. The summed E-state index contributed by atoms with van der Waals surface area (Å²) in [7, 11) is 0. The molecule has 1 atom stereocenters. The van der Waals surface area contributed by atoms with E-state index in [1.54, 1.807) is 0 Å². The SMILES string of the molecule is CCCCCCCC(CCN)CC(OCCC)(OCCC)OCCC. The summed E-state index contributed by atoms with van der Waals surface area (Å²) in [5.74, 6) is -0.386. The molecule has 2 N–H and O–H groups in total. The predicted octanol–water partition coefficient (Wildman–Crippen LogP) is 5.64. The minimum absolute atomic E-state index is 0.497. The maximum Gasteiger partial charge on any atom is 0.283 e. The van der Waals surface area contributed by atoms with Crippen LogP contribution in [0.4, 0.5) is 0 Å². The molecule has 0 aromatic heterocycles. The van der Waals surface area contributed by atoms with E-state index in [1.807, 2.05) is 0 Å². The molecule has 0 rings (SSSR count). The van der Waals surface area contributed by atoms with Crippen molar-refractivity contribution in [2.45, 2.75) is 104 Å². The van der Waals surface area contributed by atoms with Gasteiger partial charge in [0, 0.05) is 6.42 Å². The molecule has 0 fully saturated rings. The van der Waals surface area contributed by atoms with Gasteiger partial charge in [0.1, 0.15) is 0 Å². The molecule has 0 bridgehead atoms. The van der Waals surface area contributed by atoms with E-state index in [2.05, 4.69) is 27.7 Å². The van der Waals surface area contributed by atoms with Crippen molar-refractivity contribution in [3.05, 3.63) is 0 Å². The van der Waals surface area contributed by atoms with E-state index < -0.39 is 5.97 Å². The lowest BCUT2D eigenvalue weighted by molar-refractivity contribution is -0.387. The van der Waals surface area contributed by atoms with Crippen LogP contribution in [0.1, 0.15) is 98.3 Å². The molecule has 0 amide bonds. The zero-order chi connectivity index (χ0) is 18.8. The quantitative estimate of drug-likeness (QED) is 0.240. The average Bonchev–Trinajstić information content (AvgIpc) is 2.62. The average molecular weight is 360 g/mol. The summed E-state index contributed by atoms with van der Waals surface area (Å²) in [6.07, 6.45) is 12.4. The van der Waals surface area contributed by atoms with Gasteiger partial charge in [0.15, 0.2) is 0 Å². The maximum atomic E-state index is 6.12. The zero-order valence-corrected chi connectivity index (χ0v) is 17.5. The standard InChI is InChI=1S/C21H45NO3/c1-5-9-10-11-12-13-20(14-15-22)19-21(23-16-6-2,24-17-7-3)25-18-8-4/h20H,5-19,22H2,1-4H3. The molecule has 25 heavy (non-hydrogen) atoms. The molecule has 0 spiro atoms. The lowest BCUT2D eigenvalue weighted by atomic mass is 9.93. The van der Waals surface area contributed by atoms with E-state index >= 15 is 0 Å². The first-order valence-corrected chi connectivity index (χ1v) is 10.8. The van der Waals surface area contributed by atoms with Crippen LogP contribution in [0.5, 0.6) is 0 Å². The van der Waals surface area contributed by atoms with Crippen LogP contribution in [0.25, 0.3) is 0 Å². The third-order valence-corrected chi connectivity index (χ3v) is 4.41. The largest absolute Gasteiger partial charge is 0.330 e. The van der Waals surface area contributed by atoms with E-state index in [0.29, 0.717) is 32.3 Å². The molecular weight excluding hydrogens is 314 g/mol. The molecule has 4 nitrogen and oxygen atoms in total. The minimum Gasteiger partial charge on any atom is -0.330 e. The Morgan fingerprint density at radius 1 is 0.680 bits per heavy atom. The normalized spacial score (nSPS) is 13.3. The highest BCUT2D eigenvalue weighted by atomic mass is 16.9. The molecule has 0 aromatic carbocycles. The molecule has 0 heterocycles. The monoisotopic (exact) mass is 359 g/mol. The summed E-state index contributed by atoms with van der Waals surface area (Å²) in [4.78, 5) is 0. The highest BCUT2D eigenvalue weighted by Gasteiger charge is 2.36. The van der Waals surface area contributed by atoms with Crippen molar-refractivity contribution in [3.8, 4) is 0 Å². The van der Waals surface area contributed by atoms with Crippen LogP contribution in [0.2, 0.25) is 0 Å². The van der Waals surface area contributed by atoms with Crippen molar-refractivity contribution in [2.24, 2.45) is 11.7 Å². The summed E-state index contributed by atoms with van der Waals surface area (Å²) in [5.41, 5.74) is 5.88. The van der Waals surface area contributed by atoms with Crippen LogP contribution in [0, 0.1) is 5.92 Å². The van der Waals surface area contributed by atoms with Crippen LogP contribution >= 0.6 is 0 Å². The Labute approximate surface area is 157 Å². The molecule has 152 valence electrons. The number of unbranched alkanes of at least 4 members (excludes halogenated alkanes) is 4. The van der Waals surface area contributed by atoms with E-state index in [-0.39, 0.29) is 0 Å². The molecule has 0 radical (unpaired) electrons. The number of ether oxygens (including phenoxy) is 3. The molecule has 0 saturated heterocycles. The van der Waals surface area contributed by atoms with Crippen LogP contribution in [0.3, 0.4) is 0 Å². The molecule has 1 unspecified atom stereocenters. The third-order valence-electron chi connectivity index (χ3n) is 4.41. The predicted molar refractivity (Wildman–Crippen MR) is 107 cm³/mol. The van der Waals surface area contributed by atoms with Gasteiger partial charge in [-0.3, -0.25) is 0 Å². The molecular formula is C21H45NO3. The lowest BCUT2D eigenvalue weighted by Crippen LogP contribution is -2.42. The summed E-state index contributed by atoms with van der Waals surface area (Å²) < 4.78 is 18.4. The van der Waals surface area contributed by atoms with Gasteiger partial charge < -0.3 is 19.9 Å². The Morgan fingerprint density at radius 3 is 1.64 bits per heavy atom. The smallest absolute Gasteiger partial charge is 0.283 e. The van der Waals surface area contributed by atoms with E-state index in [4.69, 9.17) is 19.9 Å². The van der Waals surface area contributed by atoms with Crippen molar-refractivity contribution in [1.82, 2.24) is 0 Å². The van der Waals surface area contributed by atoms with Crippen LogP contribution in [0.15, 0.2) is 0 Å². The number of rotatable bonds is 19. The molecule has 4 heteroatoms. The highest BCUT2D eigenvalue weighted by molar-refractivity contribution is 4.69. The molecule has 0 aromatic rings. The number of hydrogen-bond acceptors (Lipinski definition) is 4. The summed E-state index contributed by atoms with van der Waals surface area (Å²) >= 11 is 0. The highest BCUT2D eigenvalue weighted by Crippen LogP contribution is 2.30.